The first kappa shape index (κ1) is 13.3. The van der Waals surface area contributed by atoms with Gasteiger partial charge in [0, 0.05) is 18.2 Å². The predicted octanol–water partition coefficient (Wildman–Crippen LogP) is 3.65. The number of ether oxygens (including phenoxy) is 1. The Balaban J connectivity index is 2.09. The van der Waals surface area contributed by atoms with Crippen LogP contribution in [0, 0.1) is 5.82 Å². The molecule has 1 aromatic carbocycles. The fourth-order valence-corrected chi connectivity index (χ4v) is 2.31. The maximum absolute atomic E-state index is 13.9. The number of hydrogen-bond acceptors (Lipinski definition) is 2. The van der Waals surface area contributed by atoms with E-state index in [1.165, 1.54) is 18.9 Å². The van der Waals surface area contributed by atoms with Gasteiger partial charge in [-0.25, -0.2) is 4.39 Å². The fourth-order valence-electron chi connectivity index (χ4n) is 2.31. The van der Waals surface area contributed by atoms with Crippen molar-refractivity contribution in [1.82, 2.24) is 5.32 Å². The third kappa shape index (κ3) is 3.45. The van der Waals surface area contributed by atoms with Crippen LogP contribution in [0.5, 0.6) is 5.75 Å². The Bertz CT molecular complexity index is 386. The Morgan fingerprint density at radius 2 is 2.06 bits per heavy atom. The van der Waals surface area contributed by atoms with Crippen molar-refractivity contribution in [2.45, 2.75) is 58.2 Å². The smallest absolute Gasteiger partial charge is 0.165 e. The second-order valence-corrected chi connectivity index (χ2v) is 5.29. The summed E-state index contributed by atoms with van der Waals surface area (Å²) < 4.78 is 19.7. The highest BCUT2D eigenvalue weighted by molar-refractivity contribution is 5.35. The van der Waals surface area contributed by atoms with Crippen molar-refractivity contribution in [1.29, 1.82) is 0 Å². The first-order chi connectivity index (χ1) is 8.66. The predicted molar refractivity (Wildman–Crippen MR) is 71.3 cm³/mol. The molecule has 0 saturated heterocycles. The van der Waals surface area contributed by atoms with Crippen LogP contribution in [0.2, 0.25) is 0 Å². The average molecular weight is 251 g/mol. The molecule has 0 radical (unpaired) electrons. The molecule has 1 fully saturated rings. The number of halogens is 1. The summed E-state index contributed by atoms with van der Waals surface area (Å²) in [6, 6.07) is 5.53. The molecule has 0 atom stereocenters. The van der Waals surface area contributed by atoms with Gasteiger partial charge in [0.25, 0.3) is 0 Å². The number of rotatable bonds is 5. The highest BCUT2D eigenvalue weighted by Gasteiger charge is 2.20. The molecular weight excluding hydrogens is 229 g/mol. The van der Waals surface area contributed by atoms with Crippen LogP contribution in [0.15, 0.2) is 18.2 Å². The number of para-hydroxylation sites is 1. The lowest BCUT2D eigenvalue weighted by Gasteiger charge is -2.18. The molecule has 0 heterocycles. The van der Waals surface area contributed by atoms with E-state index < -0.39 is 0 Å². The molecule has 100 valence electrons. The van der Waals surface area contributed by atoms with E-state index in [-0.39, 0.29) is 11.9 Å². The van der Waals surface area contributed by atoms with E-state index in [1.807, 2.05) is 6.07 Å². The molecule has 1 N–H and O–H groups in total. The third-order valence-corrected chi connectivity index (χ3v) is 3.34. The molecule has 3 heteroatoms. The van der Waals surface area contributed by atoms with Crippen LogP contribution in [0.25, 0.3) is 0 Å². The summed E-state index contributed by atoms with van der Waals surface area (Å²) in [7, 11) is 0. The standard InChI is InChI=1S/C15H22FNO/c1-11(2)17-10-12-6-5-9-14(16)15(12)18-13-7-3-4-8-13/h5-6,9,11,13,17H,3-4,7-8,10H2,1-2H3. The van der Waals surface area contributed by atoms with Crippen LogP contribution >= 0.6 is 0 Å². The van der Waals surface area contributed by atoms with Crippen molar-refractivity contribution in [2.75, 3.05) is 0 Å². The molecule has 1 aliphatic carbocycles. The topological polar surface area (TPSA) is 21.3 Å². The lowest BCUT2D eigenvalue weighted by molar-refractivity contribution is 0.198. The molecule has 0 aromatic heterocycles. The zero-order valence-corrected chi connectivity index (χ0v) is 11.2. The molecule has 2 nitrogen and oxygen atoms in total. The summed E-state index contributed by atoms with van der Waals surface area (Å²) in [6.45, 7) is 4.81. The van der Waals surface area contributed by atoms with E-state index in [0.717, 1.165) is 18.4 Å². The summed E-state index contributed by atoms with van der Waals surface area (Å²) in [6.07, 6.45) is 4.67. The summed E-state index contributed by atoms with van der Waals surface area (Å²) in [5.74, 6) is 0.197. The normalized spacial score (nSPS) is 16.4. The van der Waals surface area contributed by atoms with Crippen LogP contribution in [0.4, 0.5) is 4.39 Å². The van der Waals surface area contributed by atoms with Crippen molar-refractivity contribution in [2.24, 2.45) is 0 Å². The van der Waals surface area contributed by atoms with Gasteiger partial charge in [-0.3, -0.25) is 0 Å². The average Bonchev–Trinajstić information content (AvgIpc) is 2.82. The van der Waals surface area contributed by atoms with Crippen molar-refractivity contribution in [3.63, 3.8) is 0 Å². The van der Waals surface area contributed by atoms with Gasteiger partial charge in [-0.1, -0.05) is 26.0 Å². The lowest BCUT2D eigenvalue weighted by atomic mass is 10.1. The number of hydrogen-bond donors (Lipinski definition) is 1. The van der Waals surface area contributed by atoms with Crippen molar-refractivity contribution in [3.8, 4) is 5.75 Å². The van der Waals surface area contributed by atoms with Gasteiger partial charge in [-0.05, 0) is 31.7 Å². The highest BCUT2D eigenvalue weighted by Crippen LogP contribution is 2.29. The first-order valence-electron chi connectivity index (χ1n) is 6.84. The molecule has 1 aromatic rings. The number of benzene rings is 1. The van der Waals surface area contributed by atoms with Gasteiger partial charge in [-0.2, -0.15) is 0 Å². The third-order valence-electron chi connectivity index (χ3n) is 3.34. The molecule has 1 aliphatic rings. The van der Waals surface area contributed by atoms with E-state index in [9.17, 15) is 4.39 Å². The Morgan fingerprint density at radius 1 is 1.33 bits per heavy atom. The summed E-state index contributed by atoms with van der Waals surface area (Å²) in [5, 5.41) is 3.31. The first-order valence-corrected chi connectivity index (χ1v) is 6.84. The van der Waals surface area contributed by atoms with Gasteiger partial charge in [-0.15, -0.1) is 0 Å². The van der Waals surface area contributed by atoms with Crippen LogP contribution in [0.1, 0.15) is 45.1 Å². The summed E-state index contributed by atoms with van der Waals surface area (Å²) in [5.41, 5.74) is 0.913. The van der Waals surface area contributed by atoms with E-state index in [0.29, 0.717) is 18.3 Å². The van der Waals surface area contributed by atoms with Gasteiger partial charge < -0.3 is 10.1 Å². The minimum atomic E-state index is -0.245. The van der Waals surface area contributed by atoms with Crippen LogP contribution < -0.4 is 10.1 Å². The molecule has 0 spiro atoms. The molecule has 0 bridgehead atoms. The van der Waals surface area contributed by atoms with Gasteiger partial charge >= 0.3 is 0 Å². The second kappa shape index (κ2) is 6.19. The zero-order chi connectivity index (χ0) is 13.0. The van der Waals surface area contributed by atoms with E-state index in [2.05, 4.69) is 19.2 Å². The highest BCUT2D eigenvalue weighted by atomic mass is 19.1. The van der Waals surface area contributed by atoms with E-state index >= 15 is 0 Å². The molecule has 0 unspecified atom stereocenters. The Kier molecular flexibility index (Phi) is 4.59. The zero-order valence-electron chi connectivity index (χ0n) is 11.2. The van der Waals surface area contributed by atoms with E-state index in [1.54, 1.807) is 6.07 Å². The summed E-state index contributed by atoms with van der Waals surface area (Å²) in [4.78, 5) is 0. The molecule has 1 saturated carbocycles. The Labute approximate surface area is 109 Å². The monoisotopic (exact) mass is 251 g/mol. The lowest BCUT2D eigenvalue weighted by Crippen LogP contribution is -2.23. The molecule has 2 rings (SSSR count). The molecule has 0 aliphatic heterocycles. The van der Waals surface area contributed by atoms with Crippen molar-refractivity contribution < 1.29 is 9.13 Å². The van der Waals surface area contributed by atoms with E-state index in [4.69, 9.17) is 4.74 Å². The second-order valence-electron chi connectivity index (χ2n) is 5.29. The maximum Gasteiger partial charge on any atom is 0.165 e. The van der Waals surface area contributed by atoms with Gasteiger partial charge in [0.1, 0.15) is 0 Å². The fraction of sp³-hybridized carbons (Fsp3) is 0.600. The minimum absolute atomic E-state index is 0.194. The van der Waals surface area contributed by atoms with Crippen molar-refractivity contribution in [3.05, 3.63) is 29.6 Å². The number of nitrogens with one attached hydrogen (secondary N) is 1. The quantitative estimate of drug-likeness (QED) is 0.862. The summed E-state index contributed by atoms with van der Waals surface area (Å²) >= 11 is 0. The SMILES string of the molecule is CC(C)NCc1cccc(F)c1OC1CCCC1. The molecular formula is C15H22FNO. The van der Waals surface area contributed by atoms with Gasteiger partial charge in [0.15, 0.2) is 11.6 Å². The van der Waals surface area contributed by atoms with Crippen molar-refractivity contribution >= 4 is 0 Å². The largest absolute Gasteiger partial charge is 0.487 e. The Hall–Kier alpha value is -1.09. The maximum atomic E-state index is 13.9. The molecule has 0 amide bonds. The minimum Gasteiger partial charge on any atom is -0.487 e. The molecule has 18 heavy (non-hydrogen) atoms. The Morgan fingerprint density at radius 3 is 2.72 bits per heavy atom. The van der Waals surface area contributed by atoms with Gasteiger partial charge in [0.05, 0.1) is 6.10 Å². The van der Waals surface area contributed by atoms with Gasteiger partial charge in [0.2, 0.25) is 0 Å². The van der Waals surface area contributed by atoms with Crippen LogP contribution in [-0.2, 0) is 6.54 Å². The van der Waals surface area contributed by atoms with Crippen LogP contribution in [-0.4, -0.2) is 12.1 Å². The van der Waals surface area contributed by atoms with Crippen LogP contribution in [0.3, 0.4) is 0 Å².